The summed E-state index contributed by atoms with van der Waals surface area (Å²) in [7, 11) is 0. The highest BCUT2D eigenvalue weighted by atomic mass is 16.5. The molecule has 0 aliphatic carbocycles. The second-order valence-corrected chi connectivity index (χ2v) is 4.68. The average Bonchev–Trinajstić information content (AvgIpc) is 2.46. The molecule has 0 heterocycles. The van der Waals surface area contributed by atoms with Crippen LogP contribution in [0.1, 0.15) is 23.6 Å². The highest BCUT2D eigenvalue weighted by Gasteiger charge is 2.01. The molecule has 3 heteroatoms. The fourth-order valence-electron chi connectivity index (χ4n) is 2.09. The van der Waals surface area contributed by atoms with E-state index in [2.05, 4.69) is 17.4 Å². The van der Waals surface area contributed by atoms with Crippen LogP contribution >= 0.6 is 0 Å². The van der Waals surface area contributed by atoms with Crippen LogP contribution in [0.3, 0.4) is 0 Å². The lowest BCUT2D eigenvalue weighted by Gasteiger charge is -2.11. The first-order valence-corrected chi connectivity index (χ1v) is 6.92. The summed E-state index contributed by atoms with van der Waals surface area (Å²) < 4.78 is 5.48. The fraction of sp³-hybridized carbons (Fsp3) is 0.294. The summed E-state index contributed by atoms with van der Waals surface area (Å²) in [6.07, 6.45) is 0. The SMILES string of the molecule is CCOCc1ccccc1CNCc1cccc(O)c1. The normalized spacial score (nSPS) is 10.7. The number of aromatic hydroxyl groups is 1. The molecule has 0 saturated carbocycles. The van der Waals surface area contributed by atoms with Crippen LogP contribution in [0.5, 0.6) is 5.75 Å². The Balaban J connectivity index is 1.90. The molecule has 0 radical (unpaired) electrons. The minimum atomic E-state index is 0.307. The standard InChI is InChI=1S/C17H21NO2/c1-2-20-13-16-8-4-3-7-15(16)12-18-11-14-6-5-9-17(19)10-14/h3-10,18-19H,2,11-13H2,1H3. The quantitative estimate of drug-likeness (QED) is 0.812. The topological polar surface area (TPSA) is 41.5 Å². The Kier molecular flexibility index (Phi) is 5.59. The maximum atomic E-state index is 9.43. The summed E-state index contributed by atoms with van der Waals surface area (Å²) in [6.45, 7) is 4.91. The fourth-order valence-corrected chi connectivity index (χ4v) is 2.09. The van der Waals surface area contributed by atoms with Gasteiger partial charge >= 0.3 is 0 Å². The zero-order valence-corrected chi connectivity index (χ0v) is 11.8. The second kappa shape index (κ2) is 7.68. The van der Waals surface area contributed by atoms with E-state index >= 15 is 0 Å². The third-order valence-corrected chi connectivity index (χ3v) is 3.14. The van der Waals surface area contributed by atoms with E-state index in [0.29, 0.717) is 12.4 Å². The molecule has 0 bridgehead atoms. The van der Waals surface area contributed by atoms with Gasteiger partial charge in [-0.15, -0.1) is 0 Å². The van der Waals surface area contributed by atoms with Crippen molar-refractivity contribution in [2.24, 2.45) is 0 Å². The van der Waals surface area contributed by atoms with Crippen molar-refractivity contribution in [2.75, 3.05) is 6.61 Å². The number of benzene rings is 2. The minimum absolute atomic E-state index is 0.307. The average molecular weight is 271 g/mol. The smallest absolute Gasteiger partial charge is 0.115 e. The Morgan fingerprint density at radius 1 is 1.00 bits per heavy atom. The van der Waals surface area contributed by atoms with Crippen LogP contribution in [0.2, 0.25) is 0 Å². The van der Waals surface area contributed by atoms with E-state index in [9.17, 15) is 5.11 Å². The number of hydrogen-bond donors (Lipinski definition) is 2. The first-order chi connectivity index (χ1) is 9.79. The molecule has 0 spiro atoms. The van der Waals surface area contributed by atoms with E-state index in [4.69, 9.17) is 4.74 Å². The monoisotopic (exact) mass is 271 g/mol. The lowest BCUT2D eigenvalue weighted by molar-refractivity contribution is 0.133. The van der Waals surface area contributed by atoms with E-state index in [0.717, 1.165) is 25.3 Å². The highest BCUT2D eigenvalue weighted by molar-refractivity contribution is 5.28. The zero-order chi connectivity index (χ0) is 14.2. The van der Waals surface area contributed by atoms with Crippen LogP contribution in [0.25, 0.3) is 0 Å². The number of ether oxygens (including phenoxy) is 1. The molecule has 2 aromatic carbocycles. The Morgan fingerprint density at radius 3 is 2.55 bits per heavy atom. The predicted molar refractivity (Wildman–Crippen MR) is 80.4 cm³/mol. The summed E-state index contributed by atoms with van der Waals surface area (Å²) in [4.78, 5) is 0. The zero-order valence-electron chi connectivity index (χ0n) is 11.8. The molecule has 0 saturated heterocycles. The van der Waals surface area contributed by atoms with E-state index in [1.165, 1.54) is 11.1 Å². The summed E-state index contributed by atoms with van der Waals surface area (Å²) in [5, 5.41) is 12.8. The molecule has 2 aromatic rings. The van der Waals surface area contributed by atoms with Gasteiger partial charge in [0.25, 0.3) is 0 Å². The molecular weight excluding hydrogens is 250 g/mol. The highest BCUT2D eigenvalue weighted by Crippen LogP contribution is 2.12. The predicted octanol–water partition coefficient (Wildman–Crippen LogP) is 3.22. The number of rotatable bonds is 7. The van der Waals surface area contributed by atoms with Crippen molar-refractivity contribution in [2.45, 2.75) is 26.6 Å². The van der Waals surface area contributed by atoms with E-state index < -0.39 is 0 Å². The van der Waals surface area contributed by atoms with Gasteiger partial charge < -0.3 is 15.2 Å². The molecule has 2 rings (SSSR count). The molecule has 0 amide bonds. The third kappa shape index (κ3) is 4.37. The Labute approximate surface area is 120 Å². The number of phenols is 1. The van der Waals surface area contributed by atoms with Gasteiger partial charge in [0.2, 0.25) is 0 Å². The van der Waals surface area contributed by atoms with E-state index in [-0.39, 0.29) is 0 Å². The van der Waals surface area contributed by atoms with Crippen LogP contribution in [0, 0.1) is 0 Å². The molecule has 106 valence electrons. The van der Waals surface area contributed by atoms with Gasteiger partial charge in [-0.25, -0.2) is 0 Å². The Morgan fingerprint density at radius 2 is 1.80 bits per heavy atom. The van der Waals surface area contributed by atoms with Gasteiger partial charge in [0, 0.05) is 19.7 Å². The molecule has 0 aromatic heterocycles. The molecule has 0 aliphatic rings. The van der Waals surface area contributed by atoms with Crippen molar-refractivity contribution < 1.29 is 9.84 Å². The van der Waals surface area contributed by atoms with Crippen molar-refractivity contribution in [3.8, 4) is 5.75 Å². The van der Waals surface area contributed by atoms with E-state index in [1.807, 2.05) is 31.2 Å². The van der Waals surface area contributed by atoms with Gasteiger partial charge in [0.05, 0.1) is 6.61 Å². The number of nitrogens with one attached hydrogen (secondary N) is 1. The number of hydrogen-bond acceptors (Lipinski definition) is 3. The molecular formula is C17H21NO2. The van der Waals surface area contributed by atoms with Crippen LogP contribution in [-0.2, 0) is 24.4 Å². The van der Waals surface area contributed by atoms with Gasteiger partial charge in [-0.1, -0.05) is 36.4 Å². The second-order valence-electron chi connectivity index (χ2n) is 4.68. The van der Waals surface area contributed by atoms with Crippen molar-refractivity contribution in [1.82, 2.24) is 5.32 Å². The molecule has 0 atom stereocenters. The van der Waals surface area contributed by atoms with Gasteiger partial charge in [-0.05, 0) is 35.7 Å². The lowest BCUT2D eigenvalue weighted by atomic mass is 10.1. The molecule has 20 heavy (non-hydrogen) atoms. The van der Waals surface area contributed by atoms with Crippen LogP contribution in [-0.4, -0.2) is 11.7 Å². The Hall–Kier alpha value is -1.84. The molecule has 0 unspecified atom stereocenters. The largest absolute Gasteiger partial charge is 0.508 e. The summed E-state index contributed by atoms with van der Waals surface area (Å²) in [5.74, 6) is 0.307. The maximum absolute atomic E-state index is 9.43. The molecule has 2 N–H and O–H groups in total. The third-order valence-electron chi connectivity index (χ3n) is 3.14. The van der Waals surface area contributed by atoms with Crippen LogP contribution in [0.4, 0.5) is 0 Å². The number of phenolic OH excluding ortho intramolecular Hbond substituents is 1. The van der Waals surface area contributed by atoms with Gasteiger partial charge in [-0.3, -0.25) is 0 Å². The van der Waals surface area contributed by atoms with Gasteiger partial charge in [-0.2, -0.15) is 0 Å². The Bertz CT molecular complexity index is 540. The van der Waals surface area contributed by atoms with Crippen molar-refractivity contribution >= 4 is 0 Å². The lowest BCUT2D eigenvalue weighted by Crippen LogP contribution is -2.14. The summed E-state index contributed by atoms with van der Waals surface area (Å²) >= 11 is 0. The first kappa shape index (κ1) is 14.6. The van der Waals surface area contributed by atoms with Gasteiger partial charge in [0.1, 0.15) is 5.75 Å². The summed E-state index contributed by atoms with van der Waals surface area (Å²) in [5.41, 5.74) is 3.55. The van der Waals surface area contributed by atoms with Crippen molar-refractivity contribution in [3.05, 3.63) is 65.2 Å². The maximum Gasteiger partial charge on any atom is 0.115 e. The molecule has 0 aliphatic heterocycles. The van der Waals surface area contributed by atoms with Gasteiger partial charge in [0.15, 0.2) is 0 Å². The molecule has 0 fully saturated rings. The minimum Gasteiger partial charge on any atom is -0.508 e. The summed E-state index contributed by atoms with van der Waals surface area (Å²) in [6, 6.07) is 15.6. The van der Waals surface area contributed by atoms with Crippen molar-refractivity contribution in [1.29, 1.82) is 0 Å². The van der Waals surface area contributed by atoms with E-state index in [1.54, 1.807) is 12.1 Å². The van der Waals surface area contributed by atoms with Crippen molar-refractivity contribution in [3.63, 3.8) is 0 Å². The molecule has 3 nitrogen and oxygen atoms in total. The first-order valence-electron chi connectivity index (χ1n) is 6.92. The van der Waals surface area contributed by atoms with Crippen LogP contribution < -0.4 is 5.32 Å². The van der Waals surface area contributed by atoms with Crippen LogP contribution in [0.15, 0.2) is 48.5 Å².